The molecule has 0 radical (unpaired) electrons. The van der Waals surface area contributed by atoms with Gasteiger partial charge < -0.3 is 0 Å². The average molecular weight is 413 g/mol. The van der Waals surface area contributed by atoms with Crippen LogP contribution in [0.1, 0.15) is 24.8 Å². The van der Waals surface area contributed by atoms with E-state index in [9.17, 15) is 4.89 Å². The fraction of sp³-hybridized carbons (Fsp3) is 0.217. The summed E-state index contributed by atoms with van der Waals surface area (Å²) in [6.07, 6.45) is 0. The van der Waals surface area contributed by atoms with Gasteiger partial charge in [-0.2, -0.15) is 13.9 Å². The first-order chi connectivity index (χ1) is 13.7. The van der Waals surface area contributed by atoms with Gasteiger partial charge in [0.25, 0.3) is 0 Å². The molecule has 0 aliphatic rings. The summed E-state index contributed by atoms with van der Waals surface area (Å²) in [6.45, 7) is 4.61. The fourth-order valence-corrected chi connectivity index (χ4v) is 9.60. The van der Waals surface area contributed by atoms with Crippen LogP contribution in [0.5, 0.6) is 0 Å². The minimum absolute atomic E-state index is 0.270. The smallest absolute Gasteiger partial charge is 0.192 e. The molecule has 0 fully saturated rings. The molecule has 1 N–H and O–H groups in total. The van der Waals surface area contributed by atoms with E-state index in [4.69, 9.17) is 9.05 Å². The second kappa shape index (κ2) is 10.3. The van der Waals surface area contributed by atoms with Crippen molar-refractivity contribution < 1.29 is 13.9 Å². The van der Waals surface area contributed by atoms with Crippen molar-refractivity contribution in [2.45, 2.75) is 19.2 Å². The first-order valence-corrected chi connectivity index (χ1v) is 12.6. The van der Waals surface area contributed by atoms with E-state index in [2.05, 4.69) is 60.7 Å². The summed E-state index contributed by atoms with van der Waals surface area (Å²) in [6, 6.07) is 30.9. The Hall–Kier alpha value is -1.60. The number of hydrogen-bond acceptors (Lipinski definition) is 3. The van der Waals surface area contributed by atoms with Gasteiger partial charge in [0.1, 0.15) is 0 Å². The van der Waals surface area contributed by atoms with Crippen LogP contribution in [0.4, 0.5) is 0 Å². The van der Waals surface area contributed by atoms with Gasteiger partial charge in [0.2, 0.25) is 5.40 Å². The summed E-state index contributed by atoms with van der Waals surface area (Å²) in [7, 11) is -4.11. The van der Waals surface area contributed by atoms with Crippen molar-refractivity contribution in [1.82, 2.24) is 0 Å². The SMILES string of the molecule is CCO[P+](O)(OCC)C(c1ccccc1)P(c1ccccc1)c1ccccc1. The number of rotatable bonds is 9. The molecule has 3 nitrogen and oxygen atoms in total. The van der Waals surface area contributed by atoms with E-state index in [0.29, 0.717) is 13.2 Å². The van der Waals surface area contributed by atoms with Gasteiger partial charge in [-0.25, -0.2) is 0 Å². The summed E-state index contributed by atoms with van der Waals surface area (Å²) in [5, 5.41) is 2.11. The second-order valence-corrected chi connectivity index (χ2v) is 11.1. The van der Waals surface area contributed by atoms with Crippen LogP contribution in [-0.4, -0.2) is 18.1 Å². The van der Waals surface area contributed by atoms with Gasteiger partial charge >= 0.3 is 7.94 Å². The van der Waals surface area contributed by atoms with Crippen LogP contribution in [0, 0.1) is 0 Å². The van der Waals surface area contributed by atoms with E-state index in [1.807, 2.05) is 44.2 Å². The molecule has 0 bridgehead atoms. The summed E-state index contributed by atoms with van der Waals surface area (Å²) in [4.78, 5) is 11.7. The van der Waals surface area contributed by atoms with Crippen molar-refractivity contribution in [3.05, 3.63) is 96.6 Å². The standard InChI is InChI=1S/C23H27O3P2/c1-3-25-28(24,26-4-2)23(20-14-8-5-9-15-20)27(21-16-10-6-11-17-21)22-18-12-7-13-19-22/h5-19,23-24H,3-4H2,1-2H3/q+1. The molecule has 3 aromatic carbocycles. The molecule has 0 saturated carbocycles. The molecular weight excluding hydrogens is 386 g/mol. The Bertz CT molecular complexity index is 783. The summed E-state index contributed by atoms with van der Waals surface area (Å²) >= 11 is 0. The highest BCUT2D eigenvalue weighted by Gasteiger charge is 2.55. The summed E-state index contributed by atoms with van der Waals surface area (Å²) in [5.74, 6) is 0. The van der Waals surface area contributed by atoms with Crippen molar-refractivity contribution in [3.63, 3.8) is 0 Å². The third-order valence-electron chi connectivity index (χ3n) is 4.35. The Morgan fingerprint density at radius 3 is 1.50 bits per heavy atom. The van der Waals surface area contributed by atoms with Gasteiger partial charge in [-0.1, -0.05) is 91.0 Å². The first-order valence-electron chi connectivity index (χ1n) is 9.54. The lowest BCUT2D eigenvalue weighted by atomic mass is 10.2. The lowest BCUT2D eigenvalue weighted by Crippen LogP contribution is -2.21. The third-order valence-corrected chi connectivity index (χ3v) is 10.6. The predicted octanol–water partition coefficient (Wildman–Crippen LogP) is 5.65. The first kappa shape index (κ1) is 21.1. The molecule has 0 aromatic heterocycles. The molecule has 5 heteroatoms. The topological polar surface area (TPSA) is 38.7 Å². The van der Waals surface area contributed by atoms with Crippen LogP contribution in [-0.2, 0) is 9.05 Å². The van der Waals surface area contributed by atoms with E-state index in [-0.39, 0.29) is 5.40 Å². The van der Waals surface area contributed by atoms with E-state index in [1.165, 1.54) is 10.6 Å². The van der Waals surface area contributed by atoms with Gasteiger partial charge in [-0.3, -0.25) is 0 Å². The van der Waals surface area contributed by atoms with E-state index in [0.717, 1.165) is 5.56 Å². The zero-order chi connectivity index (χ0) is 19.8. The van der Waals surface area contributed by atoms with Gasteiger partial charge in [0.15, 0.2) is 0 Å². The molecule has 0 spiro atoms. The molecule has 0 heterocycles. The Labute approximate surface area is 169 Å². The van der Waals surface area contributed by atoms with E-state index in [1.54, 1.807) is 0 Å². The van der Waals surface area contributed by atoms with Crippen molar-refractivity contribution >= 4 is 26.5 Å². The zero-order valence-corrected chi connectivity index (χ0v) is 18.1. The molecule has 0 aliphatic carbocycles. The molecule has 28 heavy (non-hydrogen) atoms. The quantitative estimate of drug-likeness (QED) is 0.461. The van der Waals surface area contributed by atoms with Crippen molar-refractivity contribution in [3.8, 4) is 0 Å². The highest BCUT2D eigenvalue weighted by atomic mass is 31.2. The average Bonchev–Trinajstić information content (AvgIpc) is 2.74. The molecular formula is C23H27O3P2+. The van der Waals surface area contributed by atoms with E-state index >= 15 is 0 Å². The van der Waals surface area contributed by atoms with Crippen LogP contribution in [0.2, 0.25) is 0 Å². The van der Waals surface area contributed by atoms with Crippen molar-refractivity contribution in [2.24, 2.45) is 0 Å². The molecule has 0 saturated heterocycles. The highest BCUT2D eigenvalue weighted by molar-refractivity contribution is 7.84. The summed E-state index contributed by atoms with van der Waals surface area (Å²) in [5.41, 5.74) is 1.04. The predicted molar refractivity (Wildman–Crippen MR) is 121 cm³/mol. The summed E-state index contributed by atoms with van der Waals surface area (Å²) < 4.78 is 11.9. The lowest BCUT2D eigenvalue weighted by Gasteiger charge is -2.32. The Balaban J connectivity index is 2.22. The molecule has 1 unspecified atom stereocenters. The highest BCUT2D eigenvalue weighted by Crippen LogP contribution is 2.78. The second-order valence-electron chi connectivity index (χ2n) is 6.23. The molecule has 0 aliphatic heterocycles. The van der Waals surface area contributed by atoms with Crippen LogP contribution in [0.15, 0.2) is 91.0 Å². The Morgan fingerprint density at radius 1 is 0.714 bits per heavy atom. The largest absolute Gasteiger partial charge is 0.421 e. The van der Waals surface area contributed by atoms with Gasteiger partial charge in [-0.05, 0) is 24.5 Å². The maximum Gasteiger partial charge on any atom is 0.421 e. The van der Waals surface area contributed by atoms with E-state index < -0.39 is 15.9 Å². The number of benzene rings is 3. The minimum atomic E-state index is -3.16. The van der Waals surface area contributed by atoms with Gasteiger partial charge in [-0.15, -0.1) is 0 Å². The molecule has 3 aromatic rings. The Morgan fingerprint density at radius 2 is 1.11 bits per heavy atom. The van der Waals surface area contributed by atoms with Crippen LogP contribution in [0.25, 0.3) is 0 Å². The van der Waals surface area contributed by atoms with Crippen molar-refractivity contribution in [2.75, 3.05) is 13.2 Å². The van der Waals surface area contributed by atoms with Crippen LogP contribution in [0.3, 0.4) is 0 Å². The minimum Gasteiger partial charge on any atom is -0.192 e. The van der Waals surface area contributed by atoms with Gasteiger partial charge in [0.05, 0.1) is 13.2 Å². The lowest BCUT2D eigenvalue weighted by molar-refractivity contribution is 0.187. The maximum absolute atomic E-state index is 11.7. The normalized spacial score (nSPS) is 12.9. The molecule has 1 atom stereocenters. The number of hydrogen-bond donors (Lipinski definition) is 1. The molecule has 146 valence electrons. The molecule has 0 amide bonds. The monoisotopic (exact) mass is 413 g/mol. The fourth-order valence-electron chi connectivity index (χ4n) is 3.27. The van der Waals surface area contributed by atoms with Crippen LogP contribution < -0.4 is 10.6 Å². The zero-order valence-electron chi connectivity index (χ0n) is 16.3. The maximum atomic E-state index is 11.7. The Kier molecular flexibility index (Phi) is 7.73. The van der Waals surface area contributed by atoms with Crippen LogP contribution >= 0.6 is 15.9 Å². The van der Waals surface area contributed by atoms with Crippen molar-refractivity contribution in [1.29, 1.82) is 0 Å². The van der Waals surface area contributed by atoms with Gasteiger partial charge in [0, 0.05) is 13.5 Å². The third kappa shape index (κ3) is 4.87. The molecule has 3 rings (SSSR count).